The molecule has 23 heavy (non-hydrogen) atoms. The molecule has 1 aromatic carbocycles. The Kier molecular flexibility index (Phi) is 5.09. The van der Waals surface area contributed by atoms with E-state index in [-0.39, 0.29) is 11.2 Å². The molecule has 0 unspecified atom stereocenters. The summed E-state index contributed by atoms with van der Waals surface area (Å²) >= 11 is 1.61. The normalized spacial score (nSPS) is 18.2. The Morgan fingerprint density at radius 2 is 1.96 bits per heavy atom. The van der Waals surface area contributed by atoms with Gasteiger partial charge < -0.3 is 5.11 Å². The van der Waals surface area contributed by atoms with Crippen LogP contribution in [0, 0.1) is 11.2 Å². The first-order valence-electron chi connectivity index (χ1n) is 8.18. The zero-order valence-corrected chi connectivity index (χ0v) is 14.3. The molecule has 1 aliphatic heterocycles. The molecule has 0 saturated carbocycles. The zero-order chi connectivity index (χ0) is 16.3. The van der Waals surface area contributed by atoms with Crippen LogP contribution >= 0.6 is 11.3 Å². The van der Waals surface area contributed by atoms with E-state index in [9.17, 15) is 9.50 Å². The van der Waals surface area contributed by atoms with E-state index in [4.69, 9.17) is 0 Å². The van der Waals surface area contributed by atoms with Crippen LogP contribution < -0.4 is 0 Å². The molecule has 1 N–H and O–H groups in total. The van der Waals surface area contributed by atoms with Crippen molar-refractivity contribution in [1.82, 2.24) is 9.88 Å². The number of thiazole rings is 1. The van der Waals surface area contributed by atoms with Crippen molar-refractivity contribution >= 4 is 11.3 Å². The van der Waals surface area contributed by atoms with E-state index in [1.54, 1.807) is 23.5 Å². The third kappa shape index (κ3) is 3.79. The number of rotatable bonds is 5. The number of benzene rings is 1. The molecule has 3 rings (SSSR count). The number of hydrogen-bond donors (Lipinski definition) is 1. The molecular weight excluding hydrogens is 311 g/mol. The highest BCUT2D eigenvalue weighted by atomic mass is 32.1. The van der Waals surface area contributed by atoms with Gasteiger partial charge in [0, 0.05) is 24.1 Å². The van der Waals surface area contributed by atoms with Crippen molar-refractivity contribution in [2.24, 2.45) is 5.41 Å². The monoisotopic (exact) mass is 334 g/mol. The Morgan fingerprint density at radius 1 is 1.26 bits per heavy atom. The average Bonchev–Trinajstić information content (AvgIpc) is 3.05. The van der Waals surface area contributed by atoms with E-state index in [0.717, 1.165) is 55.2 Å². The molecule has 0 aliphatic carbocycles. The van der Waals surface area contributed by atoms with E-state index in [1.165, 1.54) is 12.1 Å². The van der Waals surface area contributed by atoms with Gasteiger partial charge in [-0.15, -0.1) is 11.3 Å². The van der Waals surface area contributed by atoms with Crippen LogP contribution in [0.1, 0.15) is 31.9 Å². The number of aromatic nitrogens is 1. The van der Waals surface area contributed by atoms with Crippen molar-refractivity contribution in [2.45, 2.75) is 32.7 Å². The summed E-state index contributed by atoms with van der Waals surface area (Å²) in [6.07, 6.45) is 3.15. The highest BCUT2D eigenvalue weighted by Gasteiger charge is 2.32. The molecule has 0 amide bonds. The van der Waals surface area contributed by atoms with Crippen molar-refractivity contribution in [2.75, 3.05) is 19.7 Å². The molecule has 0 radical (unpaired) electrons. The van der Waals surface area contributed by atoms with Crippen molar-refractivity contribution < 1.29 is 9.50 Å². The number of halogens is 1. The van der Waals surface area contributed by atoms with Crippen LogP contribution in [0.5, 0.6) is 0 Å². The maximum Gasteiger partial charge on any atom is 0.123 e. The minimum atomic E-state index is -0.220. The standard InChI is InChI=1S/C18H23FN2OS/c1-2-18(13-22)7-9-21(10-8-18)11-16-12-23-17(20-16)14-3-5-15(19)6-4-14/h3-6,12,22H,2,7-11,13H2,1H3. The third-order valence-electron chi connectivity index (χ3n) is 5.03. The third-order valence-corrected chi connectivity index (χ3v) is 5.97. The number of likely N-dealkylation sites (tertiary alicyclic amines) is 1. The van der Waals surface area contributed by atoms with Crippen molar-refractivity contribution in [3.05, 3.63) is 41.2 Å². The number of hydrogen-bond acceptors (Lipinski definition) is 4. The Balaban J connectivity index is 1.61. The van der Waals surface area contributed by atoms with Crippen LogP contribution in [0.15, 0.2) is 29.6 Å². The summed E-state index contributed by atoms with van der Waals surface area (Å²) in [7, 11) is 0. The molecule has 2 aromatic rings. The SMILES string of the molecule is CCC1(CO)CCN(Cc2csc(-c3ccc(F)cc3)n2)CC1. The highest BCUT2D eigenvalue weighted by Crippen LogP contribution is 2.34. The topological polar surface area (TPSA) is 36.4 Å². The zero-order valence-electron chi connectivity index (χ0n) is 13.5. The van der Waals surface area contributed by atoms with Crippen LogP contribution in [-0.4, -0.2) is 34.7 Å². The van der Waals surface area contributed by atoms with Crippen molar-refractivity contribution in [3.63, 3.8) is 0 Å². The number of aliphatic hydroxyl groups excluding tert-OH is 1. The second kappa shape index (κ2) is 7.07. The van der Waals surface area contributed by atoms with Gasteiger partial charge in [0.25, 0.3) is 0 Å². The Bertz CT molecular complexity index is 627. The lowest BCUT2D eigenvalue weighted by Gasteiger charge is -2.40. The fraction of sp³-hybridized carbons (Fsp3) is 0.500. The molecule has 5 heteroatoms. The van der Waals surface area contributed by atoms with E-state index in [0.29, 0.717) is 6.61 Å². The van der Waals surface area contributed by atoms with E-state index >= 15 is 0 Å². The van der Waals surface area contributed by atoms with Crippen LogP contribution in [0.2, 0.25) is 0 Å². The number of aliphatic hydroxyl groups is 1. The molecule has 1 aliphatic rings. The Hall–Kier alpha value is -1.30. The van der Waals surface area contributed by atoms with Gasteiger partial charge in [-0.2, -0.15) is 0 Å². The van der Waals surface area contributed by atoms with Gasteiger partial charge in [-0.05, 0) is 62.0 Å². The smallest absolute Gasteiger partial charge is 0.123 e. The van der Waals surface area contributed by atoms with Gasteiger partial charge in [-0.1, -0.05) is 6.92 Å². The number of nitrogens with zero attached hydrogens (tertiary/aromatic N) is 2. The van der Waals surface area contributed by atoms with E-state index in [1.807, 2.05) is 0 Å². The molecule has 1 fully saturated rings. The predicted molar refractivity (Wildman–Crippen MR) is 91.8 cm³/mol. The molecule has 124 valence electrons. The van der Waals surface area contributed by atoms with Crippen LogP contribution in [-0.2, 0) is 6.54 Å². The summed E-state index contributed by atoms with van der Waals surface area (Å²) in [6, 6.07) is 6.49. The van der Waals surface area contributed by atoms with Crippen molar-refractivity contribution in [3.8, 4) is 10.6 Å². The molecular formula is C18H23FN2OS. The highest BCUT2D eigenvalue weighted by molar-refractivity contribution is 7.13. The molecule has 1 aromatic heterocycles. The molecule has 1 saturated heterocycles. The van der Waals surface area contributed by atoms with Gasteiger partial charge in [-0.25, -0.2) is 9.37 Å². The van der Waals surface area contributed by atoms with Gasteiger partial charge in [0.2, 0.25) is 0 Å². The quantitative estimate of drug-likeness (QED) is 0.900. The van der Waals surface area contributed by atoms with Gasteiger partial charge >= 0.3 is 0 Å². The van der Waals surface area contributed by atoms with E-state index in [2.05, 4.69) is 22.2 Å². The lowest BCUT2D eigenvalue weighted by atomic mass is 9.77. The second-order valence-electron chi connectivity index (χ2n) is 6.44. The first-order chi connectivity index (χ1) is 11.1. The summed E-state index contributed by atoms with van der Waals surface area (Å²) in [5.41, 5.74) is 2.16. The maximum absolute atomic E-state index is 13.0. The second-order valence-corrected chi connectivity index (χ2v) is 7.30. The first kappa shape index (κ1) is 16.6. The lowest BCUT2D eigenvalue weighted by Crippen LogP contribution is -2.41. The van der Waals surface area contributed by atoms with Crippen LogP contribution in [0.3, 0.4) is 0 Å². The van der Waals surface area contributed by atoms with Gasteiger partial charge in [0.05, 0.1) is 5.69 Å². The predicted octanol–water partition coefficient (Wildman–Crippen LogP) is 3.93. The Morgan fingerprint density at radius 3 is 2.57 bits per heavy atom. The molecule has 0 atom stereocenters. The summed E-state index contributed by atoms with van der Waals surface area (Å²) in [4.78, 5) is 7.10. The van der Waals surface area contributed by atoms with Gasteiger partial charge in [0.15, 0.2) is 0 Å². The molecule has 0 spiro atoms. The van der Waals surface area contributed by atoms with Crippen LogP contribution in [0.4, 0.5) is 4.39 Å². The lowest BCUT2D eigenvalue weighted by molar-refractivity contribution is 0.0379. The summed E-state index contributed by atoms with van der Waals surface area (Å²) in [6.45, 7) is 5.34. The molecule has 0 bridgehead atoms. The average molecular weight is 334 g/mol. The fourth-order valence-corrected chi connectivity index (χ4v) is 3.96. The summed E-state index contributed by atoms with van der Waals surface area (Å²) in [5.74, 6) is -0.220. The van der Waals surface area contributed by atoms with Gasteiger partial charge in [-0.3, -0.25) is 4.90 Å². The minimum Gasteiger partial charge on any atom is -0.396 e. The fourth-order valence-electron chi connectivity index (χ4n) is 3.14. The van der Waals surface area contributed by atoms with Crippen molar-refractivity contribution in [1.29, 1.82) is 0 Å². The molecule has 2 heterocycles. The molecule has 3 nitrogen and oxygen atoms in total. The van der Waals surface area contributed by atoms with Gasteiger partial charge in [0.1, 0.15) is 10.8 Å². The summed E-state index contributed by atoms with van der Waals surface area (Å²) in [5, 5.41) is 12.6. The van der Waals surface area contributed by atoms with Crippen LogP contribution in [0.25, 0.3) is 10.6 Å². The first-order valence-corrected chi connectivity index (χ1v) is 9.06. The Labute approximate surface area is 140 Å². The maximum atomic E-state index is 13.0. The largest absolute Gasteiger partial charge is 0.396 e. The summed E-state index contributed by atoms with van der Waals surface area (Å²) < 4.78 is 13.0. The van der Waals surface area contributed by atoms with E-state index < -0.39 is 0 Å². The number of piperidine rings is 1. The minimum absolute atomic E-state index is 0.123.